The smallest absolute Gasteiger partial charge is 0.320 e. The summed E-state index contributed by atoms with van der Waals surface area (Å²) in [7, 11) is 0. The molecule has 0 fully saturated rings. The number of aromatic amines is 1. The van der Waals surface area contributed by atoms with Gasteiger partial charge >= 0.3 is 5.97 Å². The van der Waals surface area contributed by atoms with Gasteiger partial charge in [-0.3, -0.25) is 9.59 Å². The van der Waals surface area contributed by atoms with Crippen molar-refractivity contribution in [1.29, 1.82) is 0 Å². The number of fused-ring (bicyclic) bond motifs is 1. The highest BCUT2D eigenvalue weighted by molar-refractivity contribution is 5.97. The number of carboxylic acids is 1. The lowest BCUT2D eigenvalue weighted by atomic mass is 10.00. The van der Waals surface area contributed by atoms with E-state index >= 15 is 0 Å². The SMILES string of the molecule is N[C@H](Cc1ccccc1-c1nccc(-c2cc3c([nH]2)CCNC3=O)n1)C(=O)O. The van der Waals surface area contributed by atoms with E-state index in [9.17, 15) is 9.59 Å². The molecule has 0 bridgehead atoms. The molecule has 3 aromatic rings. The maximum absolute atomic E-state index is 12.0. The lowest BCUT2D eigenvalue weighted by molar-refractivity contribution is -0.138. The van der Waals surface area contributed by atoms with Crippen LogP contribution in [0.3, 0.4) is 0 Å². The van der Waals surface area contributed by atoms with Crippen molar-refractivity contribution in [2.75, 3.05) is 6.54 Å². The molecule has 1 atom stereocenters. The summed E-state index contributed by atoms with van der Waals surface area (Å²) in [5.41, 5.74) is 10.1. The Labute approximate surface area is 160 Å². The number of amides is 1. The Bertz CT molecular complexity index is 1060. The van der Waals surface area contributed by atoms with Crippen molar-refractivity contribution < 1.29 is 14.7 Å². The summed E-state index contributed by atoms with van der Waals surface area (Å²) in [5.74, 6) is -0.673. The second-order valence-electron chi connectivity index (χ2n) is 6.65. The summed E-state index contributed by atoms with van der Waals surface area (Å²) in [6.45, 7) is 0.609. The molecule has 3 heterocycles. The Morgan fingerprint density at radius 3 is 2.86 bits per heavy atom. The maximum Gasteiger partial charge on any atom is 0.320 e. The van der Waals surface area contributed by atoms with E-state index in [1.54, 1.807) is 18.3 Å². The number of nitrogens with one attached hydrogen (secondary N) is 2. The van der Waals surface area contributed by atoms with Crippen LogP contribution in [-0.2, 0) is 17.6 Å². The monoisotopic (exact) mass is 377 g/mol. The lowest BCUT2D eigenvalue weighted by Crippen LogP contribution is -2.32. The zero-order valence-electron chi connectivity index (χ0n) is 15.0. The summed E-state index contributed by atoms with van der Waals surface area (Å²) in [6.07, 6.45) is 2.57. The van der Waals surface area contributed by atoms with Crippen molar-refractivity contribution in [3.8, 4) is 22.8 Å². The predicted octanol–water partition coefficient (Wildman–Crippen LogP) is 1.38. The van der Waals surface area contributed by atoms with Gasteiger partial charge in [0.05, 0.1) is 17.0 Å². The standard InChI is InChI=1S/C20H19N5O3/c21-14(20(27)28)9-11-3-1-2-4-12(11)18-22-7-6-16(25-18)17-10-13-15(24-17)5-8-23-19(13)26/h1-4,6-7,10,14,24H,5,8-9,21H2,(H,23,26)(H,27,28)/t14-/m1/s1. The zero-order valence-corrected chi connectivity index (χ0v) is 15.0. The van der Waals surface area contributed by atoms with Crippen LogP contribution < -0.4 is 11.1 Å². The molecule has 8 nitrogen and oxygen atoms in total. The van der Waals surface area contributed by atoms with Gasteiger partial charge in [0.2, 0.25) is 0 Å². The number of aromatic nitrogens is 3. The van der Waals surface area contributed by atoms with Crippen LogP contribution in [0.15, 0.2) is 42.6 Å². The van der Waals surface area contributed by atoms with Crippen molar-refractivity contribution in [2.24, 2.45) is 5.73 Å². The largest absolute Gasteiger partial charge is 0.480 e. The second kappa shape index (κ2) is 7.24. The molecule has 0 spiro atoms. The molecule has 0 radical (unpaired) electrons. The van der Waals surface area contributed by atoms with Crippen molar-refractivity contribution in [2.45, 2.75) is 18.9 Å². The molecule has 8 heteroatoms. The van der Waals surface area contributed by atoms with Crippen LogP contribution >= 0.6 is 0 Å². The fourth-order valence-corrected chi connectivity index (χ4v) is 3.31. The van der Waals surface area contributed by atoms with Crippen LogP contribution in [0.5, 0.6) is 0 Å². The van der Waals surface area contributed by atoms with Crippen LogP contribution in [0, 0.1) is 0 Å². The molecule has 1 aliphatic rings. The van der Waals surface area contributed by atoms with Gasteiger partial charge in [0.1, 0.15) is 6.04 Å². The summed E-state index contributed by atoms with van der Waals surface area (Å²) in [6, 6.07) is 9.90. The number of carboxylic acid groups (broad SMARTS) is 1. The summed E-state index contributed by atoms with van der Waals surface area (Å²) in [5, 5.41) is 11.9. The third kappa shape index (κ3) is 3.37. The van der Waals surface area contributed by atoms with Gasteiger partial charge in [-0.05, 0) is 24.1 Å². The molecule has 4 rings (SSSR count). The first-order valence-electron chi connectivity index (χ1n) is 8.93. The Morgan fingerprint density at radius 2 is 2.07 bits per heavy atom. The van der Waals surface area contributed by atoms with Gasteiger partial charge in [-0.25, -0.2) is 9.97 Å². The van der Waals surface area contributed by atoms with E-state index in [0.29, 0.717) is 23.6 Å². The summed E-state index contributed by atoms with van der Waals surface area (Å²) in [4.78, 5) is 35.4. The van der Waals surface area contributed by atoms with Gasteiger partial charge in [0, 0.05) is 30.4 Å². The summed E-state index contributed by atoms with van der Waals surface area (Å²) >= 11 is 0. The Balaban J connectivity index is 1.71. The average Bonchev–Trinajstić information content (AvgIpc) is 3.14. The van der Waals surface area contributed by atoms with Gasteiger partial charge in [-0.15, -0.1) is 0 Å². The Hall–Kier alpha value is -3.52. The highest BCUT2D eigenvalue weighted by Gasteiger charge is 2.21. The zero-order chi connectivity index (χ0) is 19.7. The predicted molar refractivity (Wildman–Crippen MR) is 103 cm³/mol. The number of nitrogens with zero attached hydrogens (tertiary/aromatic N) is 2. The number of hydrogen-bond donors (Lipinski definition) is 4. The van der Waals surface area contributed by atoms with Crippen molar-refractivity contribution in [1.82, 2.24) is 20.3 Å². The number of hydrogen-bond acceptors (Lipinski definition) is 5. The van der Waals surface area contributed by atoms with Crippen LogP contribution in [-0.4, -0.2) is 44.5 Å². The minimum absolute atomic E-state index is 0.0916. The molecule has 142 valence electrons. The number of aliphatic carboxylic acids is 1. The van der Waals surface area contributed by atoms with E-state index in [1.165, 1.54) is 0 Å². The molecule has 1 amide bonds. The van der Waals surface area contributed by atoms with Crippen LogP contribution in [0.1, 0.15) is 21.6 Å². The Morgan fingerprint density at radius 1 is 1.25 bits per heavy atom. The molecule has 1 aliphatic heterocycles. The molecule has 0 saturated carbocycles. The van der Waals surface area contributed by atoms with Crippen molar-refractivity contribution in [3.63, 3.8) is 0 Å². The van der Waals surface area contributed by atoms with Crippen LogP contribution in [0.2, 0.25) is 0 Å². The van der Waals surface area contributed by atoms with Gasteiger partial charge in [-0.1, -0.05) is 24.3 Å². The molecule has 0 unspecified atom stereocenters. The van der Waals surface area contributed by atoms with Gasteiger partial charge < -0.3 is 21.1 Å². The van der Waals surface area contributed by atoms with Gasteiger partial charge in [0.15, 0.2) is 5.82 Å². The first-order valence-corrected chi connectivity index (χ1v) is 8.93. The molecule has 0 aliphatic carbocycles. The summed E-state index contributed by atoms with van der Waals surface area (Å²) < 4.78 is 0. The van der Waals surface area contributed by atoms with Gasteiger partial charge in [-0.2, -0.15) is 0 Å². The molecule has 5 N–H and O–H groups in total. The quantitative estimate of drug-likeness (QED) is 0.531. The molecule has 2 aromatic heterocycles. The number of rotatable bonds is 5. The molecular formula is C20H19N5O3. The molecule has 28 heavy (non-hydrogen) atoms. The van der Waals surface area contributed by atoms with Gasteiger partial charge in [0.25, 0.3) is 5.91 Å². The lowest BCUT2D eigenvalue weighted by Gasteiger charge is -2.11. The number of carbonyl (C=O) groups excluding carboxylic acids is 1. The van der Waals surface area contributed by atoms with E-state index < -0.39 is 12.0 Å². The minimum atomic E-state index is -1.06. The third-order valence-corrected chi connectivity index (χ3v) is 4.75. The van der Waals surface area contributed by atoms with E-state index in [2.05, 4.69) is 20.3 Å². The molecular weight excluding hydrogens is 358 g/mol. The van der Waals surface area contributed by atoms with Crippen molar-refractivity contribution in [3.05, 3.63) is 59.4 Å². The van der Waals surface area contributed by atoms with Crippen LogP contribution in [0.25, 0.3) is 22.8 Å². The topological polar surface area (TPSA) is 134 Å². The van der Waals surface area contributed by atoms with E-state index in [1.807, 2.05) is 24.3 Å². The third-order valence-electron chi connectivity index (χ3n) is 4.75. The van der Waals surface area contributed by atoms with E-state index in [0.717, 1.165) is 28.9 Å². The average molecular weight is 377 g/mol. The molecule has 1 aromatic carbocycles. The van der Waals surface area contributed by atoms with Crippen molar-refractivity contribution >= 4 is 11.9 Å². The highest BCUT2D eigenvalue weighted by Crippen LogP contribution is 2.26. The fourth-order valence-electron chi connectivity index (χ4n) is 3.31. The number of H-pyrrole nitrogens is 1. The number of benzene rings is 1. The first-order chi connectivity index (χ1) is 13.5. The van der Waals surface area contributed by atoms with E-state index in [4.69, 9.17) is 10.8 Å². The van der Waals surface area contributed by atoms with Crippen LogP contribution in [0.4, 0.5) is 0 Å². The first kappa shape index (κ1) is 17.9. The fraction of sp³-hybridized carbons (Fsp3) is 0.200. The highest BCUT2D eigenvalue weighted by atomic mass is 16.4. The number of carbonyl (C=O) groups is 2. The number of nitrogens with two attached hydrogens (primary N) is 1. The Kier molecular flexibility index (Phi) is 4.62. The van der Waals surface area contributed by atoms with E-state index in [-0.39, 0.29) is 12.3 Å². The second-order valence-corrected chi connectivity index (χ2v) is 6.65. The maximum atomic E-state index is 12.0. The normalized spacial score (nSPS) is 14.2. The molecule has 0 saturated heterocycles. The minimum Gasteiger partial charge on any atom is -0.480 e.